The van der Waals surface area contributed by atoms with Crippen LogP contribution in [-0.2, 0) is 9.53 Å². The zero-order chi connectivity index (χ0) is 17.7. The Morgan fingerprint density at radius 1 is 1.21 bits per heavy atom. The Balaban J connectivity index is 1.98. The molecule has 0 saturated carbocycles. The summed E-state index contributed by atoms with van der Waals surface area (Å²) in [5, 5.41) is 13.5. The van der Waals surface area contributed by atoms with Crippen molar-refractivity contribution in [1.29, 1.82) is 0 Å². The van der Waals surface area contributed by atoms with E-state index >= 15 is 0 Å². The molecule has 0 aromatic heterocycles. The number of nitro groups is 1. The number of benzene rings is 2. The third-order valence-corrected chi connectivity index (χ3v) is 3.10. The molecule has 0 radical (unpaired) electrons. The van der Waals surface area contributed by atoms with Crippen LogP contribution in [-0.4, -0.2) is 23.4 Å². The van der Waals surface area contributed by atoms with Gasteiger partial charge in [0.25, 0.3) is 11.6 Å². The van der Waals surface area contributed by atoms with Crippen LogP contribution in [0, 0.1) is 15.9 Å². The second kappa shape index (κ2) is 7.51. The smallest absolute Gasteiger partial charge is 0.338 e. The molecule has 0 fully saturated rings. The van der Waals surface area contributed by atoms with E-state index in [1.165, 1.54) is 24.3 Å². The number of carbonyl (C=O) groups excluding carboxylic acids is 2. The zero-order valence-electron chi connectivity index (χ0n) is 12.0. The molecule has 0 heterocycles. The molecule has 2 aromatic rings. The topological polar surface area (TPSA) is 98.5 Å². The molecule has 0 aliphatic carbocycles. The molecule has 124 valence electrons. The number of amides is 1. The van der Waals surface area contributed by atoms with Gasteiger partial charge in [-0.15, -0.1) is 0 Å². The minimum atomic E-state index is -0.835. The van der Waals surface area contributed by atoms with Gasteiger partial charge in [0, 0.05) is 5.02 Å². The molecule has 7 nitrogen and oxygen atoms in total. The average molecular weight is 353 g/mol. The fourth-order valence-electron chi connectivity index (χ4n) is 1.75. The van der Waals surface area contributed by atoms with E-state index in [9.17, 15) is 24.1 Å². The van der Waals surface area contributed by atoms with Crippen molar-refractivity contribution in [2.45, 2.75) is 0 Å². The maximum atomic E-state index is 13.0. The molecular formula is C15H10ClFN2O5. The van der Waals surface area contributed by atoms with E-state index in [0.717, 1.165) is 12.1 Å². The van der Waals surface area contributed by atoms with Crippen LogP contribution in [0.1, 0.15) is 10.4 Å². The number of nitrogens with one attached hydrogen (secondary N) is 1. The van der Waals surface area contributed by atoms with Crippen LogP contribution in [0.5, 0.6) is 0 Å². The lowest BCUT2D eigenvalue weighted by Crippen LogP contribution is -2.21. The summed E-state index contributed by atoms with van der Waals surface area (Å²) < 4.78 is 17.8. The third kappa shape index (κ3) is 4.50. The third-order valence-electron chi connectivity index (χ3n) is 2.84. The molecule has 2 rings (SSSR count). The Kier molecular flexibility index (Phi) is 5.43. The molecule has 0 atom stereocenters. The maximum Gasteiger partial charge on any atom is 0.338 e. The number of hydrogen-bond donors (Lipinski definition) is 1. The fourth-order valence-corrected chi connectivity index (χ4v) is 1.87. The molecule has 0 aliphatic heterocycles. The monoisotopic (exact) mass is 352 g/mol. The van der Waals surface area contributed by atoms with Gasteiger partial charge in [-0.2, -0.15) is 0 Å². The number of halogens is 2. The van der Waals surface area contributed by atoms with E-state index in [4.69, 9.17) is 16.3 Å². The van der Waals surface area contributed by atoms with Gasteiger partial charge in [0.15, 0.2) is 6.61 Å². The fraction of sp³-hybridized carbons (Fsp3) is 0.0667. The largest absolute Gasteiger partial charge is 0.452 e. The van der Waals surface area contributed by atoms with Crippen LogP contribution in [0.25, 0.3) is 0 Å². The SMILES string of the molecule is O=C(COC(=O)c1ccc(Cl)cc1)Nc1ccc(F)cc1[N+](=O)[O-]. The van der Waals surface area contributed by atoms with Crippen LogP contribution in [0.3, 0.4) is 0 Å². The van der Waals surface area contributed by atoms with Crippen LogP contribution >= 0.6 is 11.6 Å². The van der Waals surface area contributed by atoms with Gasteiger partial charge < -0.3 is 10.1 Å². The standard InChI is InChI=1S/C15H10ClFN2O5/c16-10-3-1-9(2-4-10)15(21)24-8-14(20)18-12-6-5-11(17)7-13(12)19(22)23/h1-7H,8H2,(H,18,20). The van der Waals surface area contributed by atoms with E-state index in [1.54, 1.807) is 0 Å². The quantitative estimate of drug-likeness (QED) is 0.506. The molecule has 0 bridgehead atoms. The number of ether oxygens (including phenoxy) is 1. The van der Waals surface area contributed by atoms with Crippen molar-refractivity contribution in [3.05, 3.63) is 69.0 Å². The van der Waals surface area contributed by atoms with Crippen molar-refractivity contribution in [2.75, 3.05) is 11.9 Å². The summed E-state index contributed by atoms with van der Waals surface area (Å²) in [6, 6.07) is 8.50. The number of esters is 1. The molecule has 1 amide bonds. The van der Waals surface area contributed by atoms with E-state index in [0.29, 0.717) is 11.1 Å². The summed E-state index contributed by atoms with van der Waals surface area (Å²) in [5.41, 5.74) is -0.610. The first-order valence-corrected chi connectivity index (χ1v) is 6.91. The van der Waals surface area contributed by atoms with E-state index in [2.05, 4.69) is 5.32 Å². The molecule has 0 spiro atoms. The van der Waals surface area contributed by atoms with Gasteiger partial charge in [0.1, 0.15) is 11.5 Å². The van der Waals surface area contributed by atoms with Crippen molar-refractivity contribution in [3.63, 3.8) is 0 Å². The second-order valence-electron chi connectivity index (χ2n) is 4.55. The van der Waals surface area contributed by atoms with Crippen molar-refractivity contribution in [3.8, 4) is 0 Å². The first kappa shape index (κ1) is 17.4. The van der Waals surface area contributed by atoms with E-state index < -0.39 is 34.9 Å². The normalized spacial score (nSPS) is 10.1. The molecule has 0 unspecified atom stereocenters. The lowest BCUT2D eigenvalue weighted by atomic mass is 10.2. The molecule has 0 aliphatic rings. The summed E-state index contributed by atoms with van der Waals surface area (Å²) in [5.74, 6) is -2.36. The summed E-state index contributed by atoms with van der Waals surface area (Å²) in [7, 11) is 0. The van der Waals surface area contributed by atoms with E-state index in [-0.39, 0.29) is 11.3 Å². The predicted molar refractivity (Wildman–Crippen MR) is 83.4 cm³/mol. The van der Waals surface area contributed by atoms with Gasteiger partial charge in [-0.05, 0) is 36.4 Å². The van der Waals surface area contributed by atoms with Gasteiger partial charge in [0.2, 0.25) is 0 Å². The molecule has 24 heavy (non-hydrogen) atoms. The number of nitro benzene ring substituents is 1. The zero-order valence-corrected chi connectivity index (χ0v) is 12.7. The highest BCUT2D eigenvalue weighted by Crippen LogP contribution is 2.24. The van der Waals surface area contributed by atoms with Crippen LogP contribution in [0.4, 0.5) is 15.8 Å². The summed E-state index contributed by atoms with van der Waals surface area (Å²) in [6.07, 6.45) is 0. The molecule has 9 heteroatoms. The van der Waals surface area contributed by atoms with Crippen LogP contribution in [0.2, 0.25) is 5.02 Å². The van der Waals surface area contributed by atoms with Crippen molar-refractivity contribution < 1.29 is 23.6 Å². The Bertz CT molecular complexity index is 795. The Hall–Kier alpha value is -3.00. The Labute approximate surface area is 140 Å². The average Bonchev–Trinajstić information content (AvgIpc) is 2.54. The van der Waals surface area contributed by atoms with Gasteiger partial charge in [-0.1, -0.05) is 11.6 Å². The number of anilines is 1. The van der Waals surface area contributed by atoms with Gasteiger partial charge in [-0.3, -0.25) is 14.9 Å². The number of nitrogens with zero attached hydrogens (tertiary/aromatic N) is 1. The lowest BCUT2D eigenvalue weighted by Gasteiger charge is -2.07. The van der Waals surface area contributed by atoms with Crippen molar-refractivity contribution in [1.82, 2.24) is 0 Å². The summed E-state index contributed by atoms with van der Waals surface area (Å²) in [4.78, 5) is 33.5. The molecular weight excluding hydrogens is 343 g/mol. The first-order chi connectivity index (χ1) is 11.4. The Morgan fingerprint density at radius 2 is 1.88 bits per heavy atom. The Morgan fingerprint density at radius 3 is 2.50 bits per heavy atom. The highest BCUT2D eigenvalue weighted by Gasteiger charge is 2.18. The van der Waals surface area contributed by atoms with Gasteiger partial charge in [0.05, 0.1) is 16.6 Å². The molecule has 0 saturated heterocycles. The minimum Gasteiger partial charge on any atom is -0.452 e. The van der Waals surface area contributed by atoms with Crippen molar-refractivity contribution in [2.24, 2.45) is 0 Å². The highest BCUT2D eigenvalue weighted by molar-refractivity contribution is 6.30. The maximum absolute atomic E-state index is 13.0. The lowest BCUT2D eigenvalue weighted by molar-refractivity contribution is -0.384. The first-order valence-electron chi connectivity index (χ1n) is 6.53. The highest BCUT2D eigenvalue weighted by atomic mass is 35.5. The summed E-state index contributed by atoms with van der Waals surface area (Å²) >= 11 is 5.69. The molecule has 2 aromatic carbocycles. The van der Waals surface area contributed by atoms with Crippen molar-refractivity contribution >= 4 is 34.9 Å². The molecule has 1 N–H and O–H groups in total. The van der Waals surface area contributed by atoms with E-state index in [1.807, 2.05) is 0 Å². The number of carbonyl (C=O) groups is 2. The van der Waals surface area contributed by atoms with Crippen LogP contribution < -0.4 is 5.32 Å². The van der Waals surface area contributed by atoms with Gasteiger partial charge in [-0.25, -0.2) is 9.18 Å². The van der Waals surface area contributed by atoms with Gasteiger partial charge >= 0.3 is 5.97 Å². The van der Waals surface area contributed by atoms with Crippen LogP contribution in [0.15, 0.2) is 42.5 Å². The summed E-state index contributed by atoms with van der Waals surface area (Å²) in [6.45, 7) is -0.657. The number of hydrogen-bond acceptors (Lipinski definition) is 5. The number of rotatable bonds is 5. The predicted octanol–water partition coefficient (Wildman–Crippen LogP) is 3.18. The minimum absolute atomic E-state index is 0.194. The second-order valence-corrected chi connectivity index (χ2v) is 4.99.